The molecule has 2 aliphatic rings. The van der Waals surface area contributed by atoms with Crippen molar-refractivity contribution >= 4 is 20.1 Å². The molecule has 1 aliphatic heterocycles. The van der Waals surface area contributed by atoms with Crippen LogP contribution in [0.5, 0.6) is 0 Å². The minimum atomic E-state index is -1.79. The van der Waals surface area contributed by atoms with E-state index in [1.54, 1.807) is 14.0 Å². The van der Waals surface area contributed by atoms with Crippen molar-refractivity contribution in [3.63, 3.8) is 0 Å². The van der Waals surface area contributed by atoms with Crippen molar-refractivity contribution in [2.75, 3.05) is 13.6 Å². The summed E-state index contributed by atoms with van der Waals surface area (Å²) >= 11 is 0. The number of likely N-dealkylation sites (N-methyl/N-ethyl adjacent to an activating group) is 1. The van der Waals surface area contributed by atoms with Crippen molar-refractivity contribution in [2.45, 2.75) is 63.3 Å². The maximum Gasteiger partial charge on any atom is 0.272 e. The predicted molar refractivity (Wildman–Crippen MR) is 124 cm³/mol. The van der Waals surface area contributed by atoms with E-state index in [9.17, 15) is 14.1 Å². The summed E-state index contributed by atoms with van der Waals surface area (Å²) in [5, 5.41) is 9.62. The first-order valence-electron chi connectivity index (χ1n) is 11.5. The van der Waals surface area contributed by atoms with Gasteiger partial charge in [-0.3, -0.25) is 19.4 Å². The van der Waals surface area contributed by atoms with Gasteiger partial charge in [0.2, 0.25) is 0 Å². The van der Waals surface area contributed by atoms with Crippen molar-refractivity contribution in [1.82, 2.24) is 25.1 Å². The number of carbonyl (C=O) groups is 2. The molecule has 2 unspecified atom stereocenters. The quantitative estimate of drug-likeness (QED) is 0.567. The number of fused-ring (bicyclic) bond motifs is 1. The first-order valence-corrected chi connectivity index (χ1v) is 12.7. The number of aromatic nitrogens is 2. The number of benzene rings is 1. The number of hydrogen-bond acceptors (Lipinski definition) is 5. The minimum Gasteiger partial charge on any atom is -0.350 e. The molecule has 2 aromatic rings. The Morgan fingerprint density at radius 3 is 2.70 bits per heavy atom. The third kappa shape index (κ3) is 5.10. The molecule has 1 saturated carbocycles. The molecule has 1 aromatic heterocycles. The van der Waals surface area contributed by atoms with Gasteiger partial charge in [0.05, 0.1) is 6.54 Å². The van der Waals surface area contributed by atoms with E-state index in [0.29, 0.717) is 18.7 Å². The molecule has 33 heavy (non-hydrogen) atoms. The Labute approximate surface area is 194 Å². The van der Waals surface area contributed by atoms with Crippen LogP contribution in [0.2, 0.25) is 0 Å². The largest absolute Gasteiger partial charge is 0.350 e. The molecule has 1 fully saturated rings. The summed E-state index contributed by atoms with van der Waals surface area (Å²) in [4.78, 5) is 27.3. The average Bonchev–Trinajstić information content (AvgIpc) is 3.26. The first kappa shape index (κ1) is 23.8. The maximum absolute atomic E-state index is 13.8. The highest BCUT2D eigenvalue weighted by atomic mass is 31.2. The number of carbonyl (C=O) groups excluding carboxylic acids is 2. The number of nitrogens with zero attached hydrogens (tertiary/aromatic N) is 3. The minimum absolute atomic E-state index is 0.172. The fourth-order valence-electron chi connectivity index (χ4n) is 4.49. The number of amides is 2. The smallest absolute Gasteiger partial charge is 0.272 e. The summed E-state index contributed by atoms with van der Waals surface area (Å²) < 4.78 is 19.7. The van der Waals surface area contributed by atoms with E-state index in [1.165, 1.54) is 22.1 Å². The SMILES string of the molecule is CN1C(=O)c2cc(C(=O)NCCc3ccccc3)nn2CC1(C)P(NC1CCCCC1)OF. The lowest BCUT2D eigenvalue weighted by atomic mass is 9.96. The lowest BCUT2D eigenvalue weighted by molar-refractivity contribution is -0.00726. The molecule has 2 heterocycles. The van der Waals surface area contributed by atoms with Gasteiger partial charge < -0.3 is 10.2 Å². The second-order valence-electron chi connectivity index (χ2n) is 8.97. The topological polar surface area (TPSA) is 88.5 Å². The van der Waals surface area contributed by atoms with Crippen LogP contribution in [0.3, 0.4) is 0 Å². The van der Waals surface area contributed by atoms with Gasteiger partial charge in [0.1, 0.15) is 11.0 Å². The molecule has 0 saturated heterocycles. The summed E-state index contributed by atoms with van der Waals surface area (Å²) in [5.74, 6) is -0.649. The van der Waals surface area contributed by atoms with Crippen LogP contribution in [0, 0.1) is 0 Å². The number of rotatable bonds is 8. The van der Waals surface area contributed by atoms with Crippen LogP contribution >= 0.6 is 8.30 Å². The summed E-state index contributed by atoms with van der Waals surface area (Å²) in [6, 6.07) is 11.5. The number of halogens is 1. The van der Waals surface area contributed by atoms with E-state index in [1.807, 2.05) is 30.3 Å². The molecule has 8 nitrogen and oxygen atoms in total. The fraction of sp³-hybridized carbons (Fsp3) is 0.522. The van der Waals surface area contributed by atoms with Crippen molar-refractivity contribution < 1.29 is 18.8 Å². The Kier molecular flexibility index (Phi) is 7.41. The van der Waals surface area contributed by atoms with Gasteiger partial charge in [-0.2, -0.15) is 9.83 Å². The van der Waals surface area contributed by atoms with Gasteiger partial charge in [0.25, 0.3) is 11.8 Å². The van der Waals surface area contributed by atoms with Gasteiger partial charge in [-0.25, -0.2) is 0 Å². The van der Waals surface area contributed by atoms with Crippen LogP contribution in [0.15, 0.2) is 36.4 Å². The molecular formula is C23H31FN5O3P. The fourth-order valence-corrected chi connectivity index (χ4v) is 6.17. The first-order chi connectivity index (χ1) is 15.9. The van der Waals surface area contributed by atoms with Crippen molar-refractivity contribution in [1.29, 1.82) is 0 Å². The molecule has 1 aromatic carbocycles. The third-order valence-electron chi connectivity index (χ3n) is 6.66. The molecule has 10 heteroatoms. The summed E-state index contributed by atoms with van der Waals surface area (Å²) in [5.41, 5.74) is 1.61. The lowest BCUT2D eigenvalue weighted by Crippen LogP contribution is -2.55. The highest BCUT2D eigenvalue weighted by Crippen LogP contribution is 2.53. The molecule has 0 radical (unpaired) electrons. The molecule has 2 N–H and O–H groups in total. The van der Waals surface area contributed by atoms with E-state index in [0.717, 1.165) is 31.2 Å². The van der Waals surface area contributed by atoms with E-state index < -0.39 is 13.6 Å². The molecule has 2 atom stereocenters. The Bertz CT molecular complexity index is 982. The van der Waals surface area contributed by atoms with Crippen molar-refractivity contribution in [2.24, 2.45) is 0 Å². The Hall–Kier alpha value is -2.35. The second kappa shape index (κ2) is 10.3. The number of nitrogens with one attached hydrogen (secondary N) is 2. The molecule has 0 spiro atoms. The highest BCUT2D eigenvalue weighted by Gasteiger charge is 2.49. The zero-order valence-electron chi connectivity index (χ0n) is 19.1. The zero-order chi connectivity index (χ0) is 23.4. The predicted octanol–water partition coefficient (Wildman–Crippen LogP) is 3.79. The molecule has 1 aliphatic carbocycles. The van der Waals surface area contributed by atoms with Crippen LogP contribution in [0.1, 0.15) is 65.6 Å². The normalized spacial score (nSPS) is 22.2. The monoisotopic (exact) mass is 475 g/mol. The lowest BCUT2D eigenvalue weighted by Gasteiger charge is -2.45. The van der Waals surface area contributed by atoms with E-state index >= 15 is 0 Å². The van der Waals surface area contributed by atoms with Crippen LogP contribution in [0.4, 0.5) is 4.53 Å². The van der Waals surface area contributed by atoms with E-state index in [4.69, 9.17) is 0 Å². The summed E-state index contributed by atoms with van der Waals surface area (Å²) in [6.07, 6.45) is 6.03. The Balaban J connectivity index is 1.45. The highest BCUT2D eigenvalue weighted by molar-refractivity contribution is 7.52. The van der Waals surface area contributed by atoms with E-state index in [-0.39, 0.29) is 30.1 Å². The van der Waals surface area contributed by atoms with Gasteiger partial charge in [0.15, 0.2) is 14.0 Å². The standard InChI is InChI=1S/C23H31FN5O3P/c1-23(33(32-24)27-18-11-7-4-8-12-18)16-29-20(22(31)28(23)2)15-19(26-29)21(30)25-14-13-17-9-5-3-6-10-17/h3,5-6,9-10,15,18,27H,4,7-8,11-14,16H2,1-2H3,(H,25,30). The molecular weight excluding hydrogens is 444 g/mol. The average molecular weight is 476 g/mol. The van der Waals surface area contributed by atoms with Crippen LogP contribution in [-0.2, 0) is 17.7 Å². The van der Waals surface area contributed by atoms with Crippen LogP contribution in [-0.4, -0.2) is 51.4 Å². The van der Waals surface area contributed by atoms with Gasteiger partial charge >= 0.3 is 0 Å². The van der Waals surface area contributed by atoms with Gasteiger partial charge in [0, 0.05) is 25.7 Å². The summed E-state index contributed by atoms with van der Waals surface area (Å²) in [7, 11) is -0.138. The number of hydrogen-bond donors (Lipinski definition) is 2. The van der Waals surface area contributed by atoms with Crippen molar-refractivity contribution in [3.8, 4) is 0 Å². The summed E-state index contributed by atoms with van der Waals surface area (Å²) in [6.45, 7) is 2.50. The Morgan fingerprint density at radius 1 is 1.27 bits per heavy atom. The van der Waals surface area contributed by atoms with Gasteiger partial charge in [-0.15, -0.1) is 0 Å². The van der Waals surface area contributed by atoms with Crippen LogP contribution < -0.4 is 10.4 Å². The van der Waals surface area contributed by atoms with E-state index in [2.05, 4.69) is 20.2 Å². The third-order valence-corrected chi connectivity index (χ3v) is 8.72. The zero-order valence-corrected chi connectivity index (χ0v) is 20.0. The Morgan fingerprint density at radius 2 is 2.00 bits per heavy atom. The second-order valence-corrected chi connectivity index (χ2v) is 10.9. The van der Waals surface area contributed by atoms with Gasteiger partial charge in [-0.1, -0.05) is 49.6 Å². The molecule has 4 rings (SSSR count). The van der Waals surface area contributed by atoms with Crippen molar-refractivity contribution in [3.05, 3.63) is 53.3 Å². The van der Waals surface area contributed by atoms with Gasteiger partial charge in [-0.05, 0) is 36.3 Å². The maximum atomic E-state index is 13.8. The molecule has 2 amide bonds. The van der Waals surface area contributed by atoms with Crippen LogP contribution in [0.25, 0.3) is 0 Å². The molecule has 0 bridgehead atoms. The molecule has 178 valence electrons.